The molecule has 2 N–H and O–H groups in total. The quantitative estimate of drug-likeness (QED) is 0.483. The number of carbonyl (C=O) groups is 1. The van der Waals surface area contributed by atoms with E-state index in [1.54, 1.807) is 20.3 Å². The third kappa shape index (κ3) is 3.29. The molecule has 2 heterocycles. The van der Waals surface area contributed by atoms with Crippen LogP contribution in [0.3, 0.4) is 0 Å². The van der Waals surface area contributed by atoms with E-state index in [0.717, 1.165) is 27.4 Å². The zero-order valence-electron chi connectivity index (χ0n) is 16.3. The van der Waals surface area contributed by atoms with E-state index in [2.05, 4.69) is 16.9 Å². The van der Waals surface area contributed by atoms with E-state index < -0.39 is 0 Å². The third-order valence-electron chi connectivity index (χ3n) is 4.80. The summed E-state index contributed by atoms with van der Waals surface area (Å²) < 4.78 is 11.0. The molecule has 6 nitrogen and oxygen atoms in total. The molecule has 4 aromatic rings. The topological polar surface area (TPSA) is 76.2 Å². The summed E-state index contributed by atoms with van der Waals surface area (Å²) in [7, 11) is 3.21. The first-order valence-corrected chi connectivity index (χ1v) is 9.19. The summed E-state index contributed by atoms with van der Waals surface area (Å²) in [5.74, 6) is 1.05. The molecule has 6 heteroatoms. The van der Waals surface area contributed by atoms with Crippen LogP contribution in [0.1, 0.15) is 10.5 Å². The Morgan fingerprint density at radius 3 is 2.72 bits per heavy atom. The largest absolute Gasteiger partial charge is 0.497 e. The molecule has 0 bridgehead atoms. The molecule has 2 aromatic carbocycles. The number of hydrogen-bond donors (Lipinski definition) is 2. The molecule has 0 aliphatic rings. The van der Waals surface area contributed by atoms with Gasteiger partial charge < -0.3 is 19.8 Å². The molecule has 146 valence electrons. The molecule has 0 unspecified atom stereocenters. The molecular weight excluding hydrogens is 366 g/mol. The van der Waals surface area contributed by atoms with Crippen LogP contribution >= 0.6 is 0 Å². The van der Waals surface area contributed by atoms with Crippen LogP contribution in [0.5, 0.6) is 11.5 Å². The van der Waals surface area contributed by atoms with Crippen LogP contribution in [0.25, 0.3) is 33.1 Å². The van der Waals surface area contributed by atoms with Crippen LogP contribution in [0.4, 0.5) is 0 Å². The molecule has 4 rings (SSSR count). The fourth-order valence-electron chi connectivity index (χ4n) is 3.41. The number of benzene rings is 2. The molecule has 0 aliphatic heterocycles. The molecule has 0 saturated heterocycles. The lowest BCUT2D eigenvalue weighted by Gasteiger charge is -2.12. The zero-order valence-corrected chi connectivity index (χ0v) is 16.3. The smallest absolute Gasteiger partial charge is 0.270 e. The predicted molar refractivity (Wildman–Crippen MR) is 115 cm³/mol. The number of para-hydroxylation sites is 1. The Balaban J connectivity index is 2.04. The van der Waals surface area contributed by atoms with Gasteiger partial charge >= 0.3 is 0 Å². The van der Waals surface area contributed by atoms with Crippen LogP contribution in [0.2, 0.25) is 0 Å². The number of nitrogens with zero attached hydrogens (tertiary/aromatic N) is 1. The van der Waals surface area contributed by atoms with E-state index in [1.807, 2.05) is 48.5 Å². The van der Waals surface area contributed by atoms with Gasteiger partial charge in [-0.1, -0.05) is 24.3 Å². The monoisotopic (exact) mass is 387 g/mol. The number of aromatic nitrogens is 2. The molecule has 1 amide bonds. The number of aromatic amines is 1. The SMILES string of the molecule is C=CCNC(=O)c1cc2c([nH]c3ccccc32)c(-c2cc(OC)ccc2OC)n1. The first-order chi connectivity index (χ1) is 14.2. The molecule has 0 fully saturated rings. The Morgan fingerprint density at radius 2 is 1.97 bits per heavy atom. The number of H-pyrrole nitrogens is 1. The number of rotatable bonds is 6. The van der Waals surface area contributed by atoms with Crippen LogP contribution in [-0.4, -0.2) is 36.6 Å². The number of nitrogens with one attached hydrogen (secondary N) is 2. The summed E-state index contributed by atoms with van der Waals surface area (Å²) in [4.78, 5) is 20.8. The number of ether oxygens (including phenoxy) is 2. The minimum absolute atomic E-state index is 0.264. The summed E-state index contributed by atoms with van der Waals surface area (Å²) in [5, 5.41) is 4.73. The molecule has 29 heavy (non-hydrogen) atoms. The van der Waals surface area contributed by atoms with Gasteiger partial charge in [-0.15, -0.1) is 6.58 Å². The van der Waals surface area contributed by atoms with Crippen molar-refractivity contribution in [3.8, 4) is 22.8 Å². The minimum Gasteiger partial charge on any atom is -0.497 e. The van der Waals surface area contributed by atoms with Gasteiger partial charge in [0.1, 0.15) is 17.2 Å². The summed E-state index contributed by atoms with van der Waals surface area (Å²) in [6.07, 6.45) is 1.63. The van der Waals surface area contributed by atoms with Crippen molar-refractivity contribution in [3.63, 3.8) is 0 Å². The highest BCUT2D eigenvalue weighted by molar-refractivity contribution is 6.13. The number of amides is 1. The first-order valence-electron chi connectivity index (χ1n) is 9.19. The van der Waals surface area contributed by atoms with E-state index >= 15 is 0 Å². The van der Waals surface area contributed by atoms with Crippen molar-refractivity contribution >= 4 is 27.7 Å². The predicted octanol–water partition coefficient (Wildman–Crippen LogP) is 4.32. The van der Waals surface area contributed by atoms with E-state index in [9.17, 15) is 4.79 Å². The number of hydrogen-bond acceptors (Lipinski definition) is 4. The number of methoxy groups -OCH3 is 2. The Bertz CT molecular complexity index is 1230. The van der Waals surface area contributed by atoms with E-state index in [0.29, 0.717) is 29.4 Å². The lowest BCUT2D eigenvalue weighted by Crippen LogP contribution is -2.24. The molecule has 0 aliphatic carbocycles. The molecule has 2 aromatic heterocycles. The average Bonchev–Trinajstić information content (AvgIpc) is 3.15. The fraction of sp³-hybridized carbons (Fsp3) is 0.130. The summed E-state index contributed by atoms with van der Waals surface area (Å²) in [6, 6.07) is 15.3. The second kappa shape index (κ2) is 7.67. The Labute approximate surface area is 168 Å². The average molecular weight is 387 g/mol. The number of carbonyl (C=O) groups excluding carboxylic acids is 1. The van der Waals surface area contributed by atoms with Crippen molar-refractivity contribution in [2.45, 2.75) is 0 Å². The molecule has 0 atom stereocenters. The number of pyridine rings is 1. The van der Waals surface area contributed by atoms with E-state index in [4.69, 9.17) is 14.5 Å². The highest BCUT2D eigenvalue weighted by Crippen LogP contribution is 2.38. The van der Waals surface area contributed by atoms with Crippen LogP contribution in [-0.2, 0) is 0 Å². The zero-order chi connectivity index (χ0) is 20.4. The van der Waals surface area contributed by atoms with Gasteiger partial charge in [0, 0.05) is 28.4 Å². The molecule has 0 spiro atoms. The fourth-order valence-corrected chi connectivity index (χ4v) is 3.41. The van der Waals surface area contributed by atoms with Crippen molar-refractivity contribution in [1.82, 2.24) is 15.3 Å². The van der Waals surface area contributed by atoms with Crippen molar-refractivity contribution in [2.75, 3.05) is 20.8 Å². The van der Waals surface area contributed by atoms with Crippen molar-refractivity contribution in [2.24, 2.45) is 0 Å². The van der Waals surface area contributed by atoms with Gasteiger partial charge in [0.05, 0.1) is 25.4 Å². The summed E-state index contributed by atoms with van der Waals surface area (Å²) >= 11 is 0. The highest BCUT2D eigenvalue weighted by atomic mass is 16.5. The minimum atomic E-state index is -0.264. The van der Waals surface area contributed by atoms with Gasteiger partial charge in [0.15, 0.2) is 0 Å². The maximum absolute atomic E-state index is 12.7. The van der Waals surface area contributed by atoms with Gasteiger partial charge in [-0.2, -0.15) is 0 Å². The summed E-state index contributed by atoms with van der Waals surface area (Å²) in [6.45, 7) is 4.01. The van der Waals surface area contributed by atoms with Gasteiger partial charge in [-0.25, -0.2) is 4.98 Å². The lowest BCUT2D eigenvalue weighted by atomic mass is 10.0. The Kier molecular flexibility index (Phi) is 4.91. The maximum Gasteiger partial charge on any atom is 0.270 e. The van der Waals surface area contributed by atoms with Gasteiger partial charge in [-0.05, 0) is 30.3 Å². The molecule has 0 radical (unpaired) electrons. The second-order valence-electron chi connectivity index (χ2n) is 6.51. The second-order valence-corrected chi connectivity index (χ2v) is 6.51. The van der Waals surface area contributed by atoms with Crippen LogP contribution in [0.15, 0.2) is 61.2 Å². The number of fused-ring (bicyclic) bond motifs is 3. The normalized spacial score (nSPS) is 10.8. The lowest BCUT2D eigenvalue weighted by molar-refractivity contribution is 0.0953. The Morgan fingerprint density at radius 1 is 1.14 bits per heavy atom. The standard InChI is InChI=1S/C23H21N3O3/c1-4-11-24-23(27)19-13-16-15-7-5-6-8-18(15)25-21(16)22(26-19)17-12-14(28-2)9-10-20(17)29-3/h4-10,12-13,25H,1,11H2,2-3H3,(H,24,27). The van der Waals surface area contributed by atoms with Crippen molar-refractivity contribution in [3.05, 3.63) is 66.9 Å². The molecule has 0 saturated carbocycles. The van der Waals surface area contributed by atoms with Gasteiger partial charge in [-0.3, -0.25) is 4.79 Å². The first kappa shape index (κ1) is 18.6. The molecular formula is C23H21N3O3. The third-order valence-corrected chi connectivity index (χ3v) is 4.80. The summed E-state index contributed by atoms with van der Waals surface area (Å²) in [5.41, 5.74) is 3.48. The van der Waals surface area contributed by atoms with Gasteiger partial charge in [0.25, 0.3) is 5.91 Å². The maximum atomic E-state index is 12.7. The van der Waals surface area contributed by atoms with Crippen LogP contribution < -0.4 is 14.8 Å². The van der Waals surface area contributed by atoms with Gasteiger partial charge in [0.2, 0.25) is 0 Å². The highest BCUT2D eigenvalue weighted by Gasteiger charge is 2.19. The van der Waals surface area contributed by atoms with Crippen LogP contribution in [0, 0.1) is 0 Å². The Hall–Kier alpha value is -3.80. The van der Waals surface area contributed by atoms with Crippen molar-refractivity contribution < 1.29 is 14.3 Å². The van der Waals surface area contributed by atoms with Crippen molar-refractivity contribution in [1.29, 1.82) is 0 Å². The van der Waals surface area contributed by atoms with E-state index in [1.165, 1.54) is 0 Å². The van der Waals surface area contributed by atoms with E-state index in [-0.39, 0.29) is 5.91 Å².